The van der Waals surface area contributed by atoms with Crippen molar-refractivity contribution in [3.05, 3.63) is 57.3 Å². The van der Waals surface area contributed by atoms with E-state index in [4.69, 9.17) is 0 Å². The molecule has 1 aliphatic rings. The predicted octanol–water partition coefficient (Wildman–Crippen LogP) is 4.87. The molecule has 20 heavy (non-hydrogen) atoms. The quantitative estimate of drug-likeness (QED) is 0.798. The molecular weight excluding hydrogens is 262 g/mol. The van der Waals surface area contributed by atoms with Gasteiger partial charge in [-0.05, 0) is 42.9 Å². The molecule has 3 rings (SSSR count). The van der Waals surface area contributed by atoms with Gasteiger partial charge in [-0.1, -0.05) is 43.7 Å². The maximum absolute atomic E-state index is 3.75. The van der Waals surface area contributed by atoms with Crippen LogP contribution in [0.25, 0.3) is 0 Å². The molecule has 0 saturated carbocycles. The van der Waals surface area contributed by atoms with Crippen LogP contribution in [0, 0.1) is 0 Å². The van der Waals surface area contributed by atoms with Gasteiger partial charge >= 0.3 is 0 Å². The molecule has 106 valence electrons. The van der Waals surface area contributed by atoms with Crippen molar-refractivity contribution >= 4 is 11.3 Å². The molecule has 0 aliphatic heterocycles. The molecule has 2 aromatic rings. The third kappa shape index (κ3) is 3.13. The largest absolute Gasteiger partial charge is 0.305 e. The highest BCUT2D eigenvalue weighted by atomic mass is 32.1. The van der Waals surface area contributed by atoms with Gasteiger partial charge in [-0.25, -0.2) is 0 Å². The van der Waals surface area contributed by atoms with E-state index in [9.17, 15) is 0 Å². The van der Waals surface area contributed by atoms with Gasteiger partial charge in [-0.2, -0.15) is 0 Å². The zero-order valence-corrected chi connectivity index (χ0v) is 13.0. The van der Waals surface area contributed by atoms with Gasteiger partial charge in [0.1, 0.15) is 0 Å². The lowest BCUT2D eigenvalue weighted by atomic mass is 10.0. The number of hydrogen-bond acceptors (Lipinski definition) is 2. The fourth-order valence-corrected chi connectivity index (χ4v) is 4.27. The molecular formula is C18H23NS. The second-order valence-corrected chi connectivity index (χ2v) is 6.87. The maximum Gasteiger partial charge on any atom is 0.0323 e. The highest BCUT2D eigenvalue weighted by Crippen LogP contribution is 2.31. The van der Waals surface area contributed by atoms with Crippen molar-refractivity contribution in [1.82, 2.24) is 5.32 Å². The minimum absolute atomic E-state index is 0.484. The molecule has 0 fully saturated rings. The third-order valence-electron chi connectivity index (χ3n) is 4.10. The Bertz CT molecular complexity index is 522. The minimum Gasteiger partial charge on any atom is -0.305 e. The van der Waals surface area contributed by atoms with Crippen LogP contribution in [0.2, 0.25) is 0 Å². The van der Waals surface area contributed by atoms with E-state index in [0.717, 1.165) is 6.54 Å². The minimum atomic E-state index is 0.484. The second-order valence-electron chi connectivity index (χ2n) is 5.65. The van der Waals surface area contributed by atoms with E-state index in [1.807, 2.05) is 11.3 Å². The van der Waals surface area contributed by atoms with Gasteiger partial charge < -0.3 is 5.32 Å². The van der Waals surface area contributed by atoms with Crippen LogP contribution in [-0.4, -0.2) is 0 Å². The van der Waals surface area contributed by atoms with Crippen molar-refractivity contribution in [2.45, 2.75) is 51.6 Å². The Morgan fingerprint density at radius 3 is 2.80 bits per heavy atom. The number of benzene rings is 1. The predicted molar refractivity (Wildman–Crippen MR) is 87.3 cm³/mol. The fourth-order valence-electron chi connectivity index (χ4n) is 3.06. The van der Waals surface area contributed by atoms with Gasteiger partial charge in [0.2, 0.25) is 0 Å². The number of hydrogen-bond donors (Lipinski definition) is 1. The molecule has 0 spiro atoms. The van der Waals surface area contributed by atoms with Crippen LogP contribution in [0.15, 0.2) is 36.4 Å². The average molecular weight is 285 g/mol. The molecule has 0 bridgehead atoms. The Kier molecular flexibility index (Phi) is 4.54. The maximum atomic E-state index is 3.75. The van der Waals surface area contributed by atoms with Crippen molar-refractivity contribution in [3.63, 3.8) is 0 Å². The zero-order chi connectivity index (χ0) is 13.8. The summed E-state index contributed by atoms with van der Waals surface area (Å²) in [5, 5.41) is 3.75. The summed E-state index contributed by atoms with van der Waals surface area (Å²) in [6.07, 6.45) is 6.37. The lowest BCUT2D eigenvalue weighted by Crippen LogP contribution is -2.20. The van der Waals surface area contributed by atoms with Gasteiger partial charge in [-0.15, -0.1) is 11.3 Å². The third-order valence-corrected chi connectivity index (χ3v) is 5.34. The molecule has 0 radical (unpaired) electrons. The fraction of sp³-hybridized carbons (Fsp3) is 0.444. The Morgan fingerprint density at radius 1 is 1.20 bits per heavy atom. The molecule has 1 unspecified atom stereocenters. The number of aryl methyl sites for hydroxylation is 2. The van der Waals surface area contributed by atoms with E-state index in [-0.39, 0.29) is 0 Å². The van der Waals surface area contributed by atoms with Gasteiger partial charge in [0.15, 0.2) is 0 Å². The Labute approximate surface area is 126 Å². The second kappa shape index (κ2) is 6.55. The van der Waals surface area contributed by atoms with Crippen LogP contribution in [0.5, 0.6) is 0 Å². The highest BCUT2D eigenvalue weighted by molar-refractivity contribution is 7.12. The molecule has 1 nitrogen and oxygen atoms in total. The van der Waals surface area contributed by atoms with Gasteiger partial charge in [0.05, 0.1) is 0 Å². The van der Waals surface area contributed by atoms with Gasteiger partial charge in [0.25, 0.3) is 0 Å². The van der Waals surface area contributed by atoms with Crippen molar-refractivity contribution in [1.29, 1.82) is 0 Å². The smallest absolute Gasteiger partial charge is 0.0323 e. The Balaban J connectivity index is 1.64. The summed E-state index contributed by atoms with van der Waals surface area (Å²) in [4.78, 5) is 3.14. The Hall–Kier alpha value is -1.12. The zero-order valence-electron chi connectivity index (χ0n) is 12.2. The van der Waals surface area contributed by atoms with E-state index in [1.165, 1.54) is 42.5 Å². The van der Waals surface area contributed by atoms with Crippen molar-refractivity contribution in [2.24, 2.45) is 0 Å². The van der Waals surface area contributed by atoms with Gasteiger partial charge in [0, 0.05) is 22.3 Å². The summed E-state index contributed by atoms with van der Waals surface area (Å²) in [6.45, 7) is 3.27. The van der Waals surface area contributed by atoms with E-state index < -0.39 is 0 Å². The lowest BCUT2D eigenvalue weighted by molar-refractivity contribution is 0.496. The van der Waals surface area contributed by atoms with Crippen molar-refractivity contribution in [2.75, 3.05) is 0 Å². The van der Waals surface area contributed by atoms with Crippen LogP contribution < -0.4 is 5.32 Å². The first-order valence-electron chi connectivity index (χ1n) is 7.75. The first-order chi connectivity index (χ1) is 9.86. The monoisotopic (exact) mass is 285 g/mol. The summed E-state index contributed by atoms with van der Waals surface area (Å²) in [7, 11) is 0. The summed E-state index contributed by atoms with van der Waals surface area (Å²) < 4.78 is 0. The Morgan fingerprint density at radius 2 is 2.05 bits per heavy atom. The van der Waals surface area contributed by atoms with Gasteiger partial charge in [-0.3, -0.25) is 0 Å². The van der Waals surface area contributed by atoms with Crippen LogP contribution in [0.4, 0.5) is 0 Å². The highest BCUT2D eigenvalue weighted by Gasteiger charge is 2.16. The van der Waals surface area contributed by atoms with Crippen LogP contribution >= 0.6 is 11.3 Å². The summed E-state index contributed by atoms with van der Waals surface area (Å²) in [5.74, 6) is 0. The van der Waals surface area contributed by atoms with Crippen LogP contribution in [0.3, 0.4) is 0 Å². The standard InChI is InChI=1S/C18H23NS/c1-2-7-17(14-8-4-3-5-9-14)19-13-16-12-15-10-6-11-18(15)20-16/h3-5,8-9,12,17,19H,2,6-7,10-11,13H2,1H3. The number of thiophene rings is 1. The molecule has 1 aliphatic carbocycles. The molecule has 2 heteroatoms. The van der Waals surface area contributed by atoms with Crippen LogP contribution in [-0.2, 0) is 19.4 Å². The molecule has 0 amide bonds. The molecule has 1 N–H and O–H groups in total. The normalized spacial score (nSPS) is 15.2. The van der Waals surface area contributed by atoms with E-state index in [2.05, 4.69) is 48.6 Å². The number of fused-ring (bicyclic) bond motifs is 1. The summed E-state index contributed by atoms with van der Waals surface area (Å²) in [5.41, 5.74) is 3.02. The summed E-state index contributed by atoms with van der Waals surface area (Å²) in [6, 6.07) is 13.8. The van der Waals surface area contributed by atoms with E-state index >= 15 is 0 Å². The SMILES string of the molecule is CCCC(NCc1cc2c(s1)CCC2)c1ccccc1. The van der Waals surface area contributed by atoms with Crippen molar-refractivity contribution < 1.29 is 0 Å². The average Bonchev–Trinajstić information content (AvgIpc) is 3.05. The van der Waals surface area contributed by atoms with E-state index in [0.29, 0.717) is 6.04 Å². The number of nitrogens with one attached hydrogen (secondary N) is 1. The molecule has 0 saturated heterocycles. The molecule has 1 atom stereocenters. The van der Waals surface area contributed by atoms with E-state index in [1.54, 1.807) is 10.4 Å². The topological polar surface area (TPSA) is 12.0 Å². The first-order valence-corrected chi connectivity index (χ1v) is 8.57. The molecule has 1 heterocycles. The summed E-state index contributed by atoms with van der Waals surface area (Å²) >= 11 is 2.01. The van der Waals surface area contributed by atoms with Crippen molar-refractivity contribution in [3.8, 4) is 0 Å². The molecule has 1 aromatic carbocycles. The number of rotatable bonds is 6. The van der Waals surface area contributed by atoms with Crippen LogP contribution in [0.1, 0.15) is 53.1 Å². The lowest BCUT2D eigenvalue weighted by Gasteiger charge is -2.18. The first kappa shape index (κ1) is 13.8. The molecule has 1 aromatic heterocycles.